The zero-order valence-corrected chi connectivity index (χ0v) is 10.8. The zero-order valence-electron chi connectivity index (χ0n) is 10.8. The van der Waals surface area contributed by atoms with Gasteiger partial charge in [-0.05, 0) is 13.8 Å². The molecule has 6 nitrogen and oxygen atoms in total. The molecule has 18 heavy (non-hydrogen) atoms. The minimum Gasteiger partial charge on any atom is -0.468 e. The molecule has 0 aromatic carbocycles. The molecule has 2 aromatic rings. The molecule has 0 aliphatic carbocycles. The first kappa shape index (κ1) is 12.3. The lowest BCUT2D eigenvalue weighted by Crippen LogP contribution is -2.24. The van der Waals surface area contributed by atoms with Crippen molar-refractivity contribution in [2.45, 2.75) is 26.9 Å². The maximum atomic E-state index is 12.0. The molecule has 96 valence electrons. The summed E-state index contributed by atoms with van der Waals surface area (Å²) in [6, 6.07) is 1.82. The van der Waals surface area contributed by atoms with Gasteiger partial charge in [-0.3, -0.25) is 9.36 Å². The van der Waals surface area contributed by atoms with Crippen LogP contribution < -0.4 is 10.3 Å². The number of aryl methyl sites for hydroxylation is 2. The van der Waals surface area contributed by atoms with Crippen LogP contribution in [0.15, 0.2) is 23.4 Å². The van der Waals surface area contributed by atoms with Gasteiger partial charge in [0.05, 0.1) is 25.7 Å². The van der Waals surface area contributed by atoms with Crippen LogP contribution in [0.25, 0.3) is 0 Å². The third-order valence-corrected chi connectivity index (χ3v) is 2.74. The molecule has 0 atom stereocenters. The Hall–Kier alpha value is -2.11. The van der Waals surface area contributed by atoms with Crippen molar-refractivity contribution in [1.82, 2.24) is 19.1 Å². The lowest BCUT2D eigenvalue weighted by molar-refractivity contribution is 0.348. The first-order valence-corrected chi connectivity index (χ1v) is 5.77. The fourth-order valence-electron chi connectivity index (χ4n) is 1.82. The van der Waals surface area contributed by atoms with Crippen molar-refractivity contribution in [3.05, 3.63) is 40.3 Å². The van der Waals surface area contributed by atoms with E-state index in [1.54, 1.807) is 19.4 Å². The average Bonchev–Trinajstić information content (AvgIpc) is 2.79. The second-order valence-electron chi connectivity index (χ2n) is 3.98. The van der Waals surface area contributed by atoms with Crippen LogP contribution in [-0.2, 0) is 13.1 Å². The van der Waals surface area contributed by atoms with Gasteiger partial charge < -0.3 is 9.30 Å². The number of aromatic nitrogens is 4. The van der Waals surface area contributed by atoms with Crippen LogP contribution in [0.2, 0.25) is 0 Å². The number of rotatable bonds is 4. The third kappa shape index (κ3) is 2.27. The van der Waals surface area contributed by atoms with E-state index < -0.39 is 0 Å². The Morgan fingerprint density at radius 3 is 2.89 bits per heavy atom. The van der Waals surface area contributed by atoms with E-state index in [1.165, 1.54) is 17.7 Å². The molecule has 2 heterocycles. The summed E-state index contributed by atoms with van der Waals surface area (Å²) in [6.45, 7) is 5.01. The molecular formula is C12H16N4O2. The van der Waals surface area contributed by atoms with Crippen LogP contribution in [0.3, 0.4) is 0 Å². The Bertz CT molecular complexity index is 600. The van der Waals surface area contributed by atoms with Crippen molar-refractivity contribution in [3.63, 3.8) is 0 Å². The van der Waals surface area contributed by atoms with E-state index in [9.17, 15) is 4.79 Å². The highest BCUT2D eigenvalue weighted by molar-refractivity contribution is 5.10. The van der Waals surface area contributed by atoms with Crippen molar-refractivity contribution in [2.24, 2.45) is 0 Å². The van der Waals surface area contributed by atoms with Gasteiger partial charge in [0.25, 0.3) is 11.6 Å². The molecular weight excluding hydrogens is 232 g/mol. The van der Waals surface area contributed by atoms with Crippen LogP contribution in [0.4, 0.5) is 0 Å². The summed E-state index contributed by atoms with van der Waals surface area (Å²) in [5.74, 6) is 0. The predicted octanol–water partition coefficient (Wildman–Crippen LogP) is 0.825. The fraction of sp³-hybridized carbons (Fsp3) is 0.417. The summed E-state index contributed by atoms with van der Waals surface area (Å²) in [7, 11) is 1.51. The van der Waals surface area contributed by atoms with Gasteiger partial charge in [-0.2, -0.15) is 0 Å². The maximum Gasteiger partial charge on any atom is 0.299 e. The normalized spacial score (nSPS) is 10.6. The van der Waals surface area contributed by atoms with Crippen LogP contribution >= 0.6 is 0 Å². The minimum atomic E-state index is -0.122. The van der Waals surface area contributed by atoms with Crippen molar-refractivity contribution < 1.29 is 4.74 Å². The summed E-state index contributed by atoms with van der Waals surface area (Å²) in [4.78, 5) is 20.2. The molecule has 0 aliphatic heterocycles. The Balaban J connectivity index is 2.43. The van der Waals surface area contributed by atoms with Crippen LogP contribution in [0.1, 0.15) is 18.3 Å². The standard InChI is InChI=1S/C12H16N4O2/c1-4-15-8-13-6-10(15)7-16-11(17)5-9(2)14-12(16)18-3/h5-6,8H,4,7H2,1-3H3. The summed E-state index contributed by atoms with van der Waals surface area (Å²) < 4.78 is 8.63. The minimum absolute atomic E-state index is 0.122. The Morgan fingerprint density at radius 1 is 1.44 bits per heavy atom. The molecule has 0 aliphatic rings. The smallest absolute Gasteiger partial charge is 0.299 e. The van der Waals surface area contributed by atoms with Gasteiger partial charge in [-0.15, -0.1) is 0 Å². The van der Waals surface area contributed by atoms with Crippen molar-refractivity contribution in [3.8, 4) is 6.01 Å². The second kappa shape index (κ2) is 5.03. The predicted molar refractivity (Wildman–Crippen MR) is 66.8 cm³/mol. The summed E-state index contributed by atoms with van der Waals surface area (Å²) in [6.07, 6.45) is 3.49. The van der Waals surface area contributed by atoms with Crippen molar-refractivity contribution in [1.29, 1.82) is 0 Å². The molecule has 0 amide bonds. The molecule has 0 N–H and O–H groups in total. The molecule has 0 bridgehead atoms. The number of methoxy groups -OCH3 is 1. The molecule has 0 radical (unpaired) electrons. The number of imidazole rings is 1. The summed E-state index contributed by atoms with van der Waals surface area (Å²) in [5, 5.41) is 0. The van der Waals surface area contributed by atoms with Crippen molar-refractivity contribution in [2.75, 3.05) is 7.11 Å². The van der Waals surface area contributed by atoms with Gasteiger partial charge in [0, 0.05) is 24.5 Å². The van der Waals surface area contributed by atoms with Crippen LogP contribution in [0, 0.1) is 6.92 Å². The second-order valence-corrected chi connectivity index (χ2v) is 3.98. The molecule has 0 saturated heterocycles. The highest BCUT2D eigenvalue weighted by atomic mass is 16.5. The van der Waals surface area contributed by atoms with E-state index in [-0.39, 0.29) is 5.56 Å². The van der Waals surface area contributed by atoms with E-state index in [2.05, 4.69) is 9.97 Å². The molecule has 0 spiro atoms. The molecule has 6 heteroatoms. The zero-order chi connectivity index (χ0) is 13.1. The monoisotopic (exact) mass is 248 g/mol. The van der Waals surface area contributed by atoms with Gasteiger partial charge >= 0.3 is 0 Å². The lowest BCUT2D eigenvalue weighted by atomic mass is 10.4. The Kier molecular flexibility index (Phi) is 3.45. The number of hydrogen-bond acceptors (Lipinski definition) is 4. The van der Waals surface area contributed by atoms with E-state index in [0.29, 0.717) is 18.2 Å². The SMILES string of the molecule is CCn1cncc1Cn1c(OC)nc(C)cc1=O. The highest BCUT2D eigenvalue weighted by Gasteiger charge is 2.10. The van der Waals surface area contributed by atoms with Gasteiger partial charge in [0.2, 0.25) is 0 Å². The number of nitrogens with zero attached hydrogens (tertiary/aromatic N) is 4. The molecule has 0 fully saturated rings. The molecule has 2 rings (SSSR count). The fourth-order valence-corrected chi connectivity index (χ4v) is 1.82. The van der Waals surface area contributed by atoms with Crippen molar-refractivity contribution >= 4 is 0 Å². The average molecular weight is 248 g/mol. The van der Waals surface area contributed by atoms with Gasteiger partial charge in [-0.1, -0.05) is 0 Å². The summed E-state index contributed by atoms with van der Waals surface area (Å²) in [5.41, 5.74) is 1.48. The molecule has 0 saturated carbocycles. The largest absolute Gasteiger partial charge is 0.468 e. The topological polar surface area (TPSA) is 61.9 Å². The van der Waals surface area contributed by atoms with E-state index >= 15 is 0 Å². The van der Waals surface area contributed by atoms with Gasteiger partial charge in [-0.25, -0.2) is 9.97 Å². The van der Waals surface area contributed by atoms with E-state index in [1.807, 2.05) is 11.5 Å². The first-order valence-electron chi connectivity index (χ1n) is 5.77. The maximum absolute atomic E-state index is 12.0. The van der Waals surface area contributed by atoms with E-state index in [4.69, 9.17) is 4.74 Å². The summed E-state index contributed by atoms with van der Waals surface area (Å²) >= 11 is 0. The van der Waals surface area contributed by atoms with Crippen LogP contribution in [-0.4, -0.2) is 26.2 Å². The lowest BCUT2D eigenvalue weighted by Gasteiger charge is -2.11. The Morgan fingerprint density at radius 2 is 2.22 bits per heavy atom. The molecule has 2 aromatic heterocycles. The first-order chi connectivity index (χ1) is 8.65. The number of ether oxygens (including phenoxy) is 1. The third-order valence-electron chi connectivity index (χ3n) is 2.74. The quantitative estimate of drug-likeness (QED) is 0.804. The van der Waals surface area contributed by atoms with Gasteiger partial charge in [0.15, 0.2) is 0 Å². The van der Waals surface area contributed by atoms with Crippen LogP contribution in [0.5, 0.6) is 6.01 Å². The highest BCUT2D eigenvalue weighted by Crippen LogP contribution is 2.08. The Labute approximate surface area is 105 Å². The van der Waals surface area contributed by atoms with Gasteiger partial charge in [0.1, 0.15) is 0 Å². The van der Waals surface area contributed by atoms with E-state index in [0.717, 1.165) is 12.2 Å². The number of hydrogen-bond donors (Lipinski definition) is 0. The molecule has 0 unspecified atom stereocenters.